The molecule has 1 saturated heterocycles. The van der Waals surface area contributed by atoms with Gasteiger partial charge in [0, 0.05) is 13.1 Å². The summed E-state index contributed by atoms with van der Waals surface area (Å²) in [6.45, 7) is -1.12. The van der Waals surface area contributed by atoms with E-state index >= 15 is 0 Å². The van der Waals surface area contributed by atoms with E-state index in [1.807, 2.05) is 0 Å². The molecule has 2 rings (SSSR count). The van der Waals surface area contributed by atoms with Crippen LogP contribution in [0.4, 0.5) is 13.2 Å². The van der Waals surface area contributed by atoms with Crippen molar-refractivity contribution in [3.63, 3.8) is 0 Å². The number of aliphatic hydroxyl groups is 1. The van der Waals surface area contributed by atoms with Gasteiger partial charge in [-0.05, 0) is 5.56 Å². The molecule has 5 nitrogen and oxygen atoms in total. The first-order valence-corrected chi connectivity index (χ1v) is 7.26. The lowest BCUT2D eigenvalue weighted by molar-refractivity contribution is -0.166. The van der Waals surface area contributed by atoms with Crippen molar-refractivity contribution in [2.75, 3.05) is 32.8 Å². The average Bonchev–Trinajstić information content (AvgIpc) is 2.52. The summed E-state index contributed by atoms with van der Waals surface area (Å²) in [5.41, 5.74) is 0.625. The van der Waals surface area contributed by atoms with Crippen LogP contribution in [0.1, 0.15) is 11.7 Å². The molecule has 0 spiro atoms. The largest absolute Gasteiger partial charge is 0.401 e. The zero-order valence-electron chi connectivity index (χ0n) is 12.4. The van der Waals surface area contributed by atoms with Gasteiger partial charge in [-0.25, -0.2) is 0 Å². The van der Waals surface area contributed by atoms with E-state index in [1.54, 1.807) is 30.3 Å². The summed E-state index contributed by atoms with van der Waals surface area (Å²) in [4.78, 5) is 13.2. The summed E-state index contributed by atoms with van der Waals surface area (Å²) < 4.78 is 42.8. The predicted molar refractivity (Wildman–Crippen MR) is 76.6 cm³/mol. The van der Waals surface area contributed by atoms with Crippen molar-refractivity contribution in [2.45, 2.75) is 18.3 Å². The third-order valence-corrected chi connectivity index (χ3v) is 3.58. The lowest BCUT2D eigenvalue weighted by Gasteiger charge is -2.34. The molecule has 0 aromatic heterocycles. The molecule has 0 unspecified atom stereocenters. The molecule has 0 saturated carbocycles. The second-order valence-electron chi connectivity index (χ2n) is 5.35. The number of aliphatic hydroxyl groups excluding tert-OH is 1. The summed E-state index contributed by atoms with van der Waals surface area (Å²) in [7, 11) is 0. The monoisotopic (exact) mass is 332 g/mol. The van der Waals surface area contributed by atoms with Crippen LogP contribution in [-0.2, 0) is 9.53 Å². The Morgan fingerprint density at radius 2 is 2.09 bits per heavy atom. The van der Waals surface area contributed by atoms with E-state index < -0.39 is 30.8 Å². The van der Waals surface area contributed by atoms with Crippen LogP contribution in [0.3, 0.4) is 0 Å². The van der Waals surface area contributed by atoms with Gasteiger partial charge in [0.2, 0.25) is 5.91 Å². The Kier molecular flexibility index (Phi) is 5.97. The maximum absolute atomic E-state index is 12.6. The molecule has 2 atom stereocenters. The van der Waals surface area contributed by atoms with Crippen molar-refractivity contribution in [1.82, 2.24) is 10.2 Å². The van der Waals surface area contributed by atoms with E-state index in [9.17, 15) is 23.1 Å². The molecule has 0 radical (unpaired) electrons. The van der Waals surface area contributed by atoms with Gasteiger partial charge in [0.05, 0.1) is 25.9 Å². The van der Waals surface area contributed by atoms with Crippen LogP contribution in [0, 0.1) is 0 Å². The van der Waals surface area contributed by atoms with E-state index in [2.05, 4.69) is 5.32 Å². The van der Waals surface area contributed by atoms with E-state index in [0.717, 1.165) is 4.90 Å². The number of halogens is 3. The fourth-order valence-electron chi connectivity index (χ4n) is 2.41. The van der Waals surface area contributed by atoms with E-state index in [0.29, 0.717) is 5.56 Å². The highest BCUT2D eigenvalue weighted by atomic mass is 19.4. The van der Waals surface area contributed by atoms with Gasteiger partial charge in [-0.15, -0.1) is 0 Å². The van der Waals surface area contributed by atoms with Crippen molar-refractivity contribution in [3.05, 3.63) is 35.9 Å². The second-order valence-corrected chi connectivity index (χ2v) is 5.35. The molecule has 128 valence electrons. The van der Waals surface area contributed by atoms with Gasteiger partial charge in [0.1, 0.15) is 6.04 Å². The van der Waals surface area contributed by atoms with Gasteiger partial charge in [-0.1, -0.05) is 30.3 Å². The summed E-state index contributed by atoms with van der Waals surface area (Å²) in [6.07, 6.45) is -5.29. The number of nitrogens with one attached hydrogen (secondary N) is 1. The molecule has 23 heavy (non-hydrogen) atoms. The quantitative estimate of drug-likeness (QED) is 0.848. The summed E-state index contributed by atoms with van der Waals surface area (Å²) >= 11 is 0. The van der Waals surface area contributed by atoms with E-state index in [-0.39, 0.29) is 26.3 Å². The lowest BCUT2D eigenvalue weighted by atomic mass is 10.1. The SMILES string of the molecule is O=C(NC[C@@H](O)c1ccccc1)[C@@H]1COCCN1CC(F)(F)F. The molecule has 2 N–H and O–H groups in total. The van der Waals surface area contributed by atoms with Crippen molar-refractivity contribution in [1.29, 1.82) is 0 Å². The minimum atomic E-state index is -4.38. The maximum atomic E-state index is 12.6. The molecule has 1 aromatic rings. The summed E-state index contributed by atoms with van der Waals surface area (Å²) in [6, 6.07) is 7.70. The van der Waals surface area contributed by atoms with Crippen LogP contribution in [0.2, 0.25) is 0 Å². The number of rotatable bonds is 5. The third-order valence-electron chi connectivity index (χ3n) is 3.58. The highest BCUT2D eigenvalue weighted by molar-refractivity contribution is 5.82. The van der Waals surface area contributed by atoms with Crippen LogP contribution in [0.25, 0.3) is 0 Å². The third kappa shape index (κ3) is 5.49. The molecule has 1 heterocycles. The Balaban J connectivity index is 1.90. The molecular formula is C15H19F3N2O3. The first-order chi connectivity index (χ1) is 10.9. The van der Waals surface area contributed by atoms with E-state index in [1.165, 1.54) is 0 Å². The highest BCUT2D eigenvalue weighted by Gasteiger charge is 2.38. The van der Waals surface area contributed by atoms with Gasteiger partial charge >= 0.3 is 6.18 Å². The maximum Gasteiger partial charge on any atom is 0.401 e. The number of amides is 1. The van der Waals surface area contributed by atoms with Gasteiger partial charge in [0.25, 0.3) is 0 Å². The topological polar surface area (TPSA) is 61.8 Å². The second kappa shape index (κ2) is 7.76. The number of morpholine rings is 1. The van der Waals surface area contributed by atoms with E-state index in [4.69, 9.17) is 4.74 Å². The van der Waals surface area contributed by atoms with Gasteiger partial charge in [0.15, 0.2) is 0 Å². The Morgan fingerprint density at radius 1 is 1.39 bits per heavy atom. The predicted octanol–water partition coefficient (Wildman–Crippen LogP) is 1.10. The standard InChI is InChI=1S/C15H19F3N2O3/c16-15(17,18)10-20-6-7-23-9-12(20)14(22)19-8-13(21)11-4-2-1-3-5-11/h1-5,12-13,21H,6-10H2,(H,19,22)/t12-,13+/m0/s1. The van der Waals surface area contributed by atoms with Gasteiger partial charge in [-0.2, -0.15) is 13.2 Å². The summed E-state index contributed by atoms with van der Waals surface area (Å²) in [5.74, 6) is -0.580. The van der Waals surface area contributed by atoms with Gasteiger partial charge < -0.3 is 15.2 Å². The molecule has 1 aliphatic heterocycles. The number of benzene rings is 1. The minimum absolute atomic E-state index is 0.0405. The number of carbonyl (C=O) groups is 1. The van der Waals surface area contributed by atoms with Crippen LogP contribution in [0.5, 0.6) is 0 Å². The summed E-state index contributed by atoms with van der Waals surface area (Å²) in [5, 5.41) is 12.5. The highest BCUT2D eigenvalue weighted by Crippen LogP contribution is 2.20. The van der Waals surface area contributed by atoms with Crippen molar-refractivity contribution < 1.29 is 27.8 Å². The van der Waals surface area contributed by atoms with Crippen molar-refractivity contribution >= 4 is 5.91 Å². The molecule has 1 amide bonds. The lowest BCUT2D eigenvalue weighted by Crippen LogP contribution is -2.56. The number of nitrogens with zero attached hydrogens (tertiary/aromatic N) is 1. The van der Waals surface area contributed by atoms with Crippen molar-refractivity contribution in [2.24, 2.45) is 0 Å². The number of ether oxygens (including phenoxy) is 1. The molecule has 1 fully saturated rings. The molecule has 1 aliphatic rings. The fraction of sp³-hybridized carbons (Fsp3) is 0.533. The first-order valence-electron chi connectivity index (χ1n) is 7.26. The van der Waals surface area contributed by atoms with Crippen LogP contribution < -0.4 is 5.32 Å². The number of hydrogen-bond donors (Lipinski definition) is 2. The Bertz CT molecular complexity index is 510. The van der Waals surface area contributed by atoms with Crippen molar-refractivity contribution in [3.8, 4) is 0 Å². The Morgan fingerprint density at radius 3 is 2.74 bits per heavy atom. The zero-order valence-corrected chi connectivity index (χ0v) is 12.4. The number of alkyl halides is 3. The molecular weight excluding hydrogens is 313 g/mol. The van der Waals surface area contributed by atoms with Crippen LogP contribution in [-0.4, -0.2) is 61.0 Å². The Labute approximate surface area is 132 Å². The fourth-order valence-corrected chi connectivity index (χ4v) is 2.41. The molecule has 1 aromatic carbocycles. The number of hydrogen-bond acceptors (Lipinski definition) is 4. The van der Waals surface area contributed by atoms with Crippen LogP contribution >= 0.6 is 0 Å². The minimum Gasteiger partial charge on any atom is -0.387 e. The smallest absolute Gasteiger partial charge is 0.387 e. The Hall–Kier alpha value is -1.64. The molecule has 8 heteroatoms. The average molecular weight is 332 g/mol. The normalized spacial score (nSPS) is 21.0. The zero-order chi connectivity index (χ0) is 16.9. The number of carbonyl (C=O) groups excluding carboxylic acids is 1. The molecule has 0 bridgehead atoms. The first kappa shape index (κ1) is 17.7. The molecule has 0 aliphatic carbocycles. The van der Waals surface area contributed by atoms with Crippen LogP contribution in [0.15, 0.2) is 30.3 Å². The van der Waals surface area contributed by atoms with Gasteiger partial charge in [-0.3, -0.25) is 9.69 Å².